The van der Waals surface area contributed by atoms with Crippen LogP contribution in [0.5, 0.6) is 0 Å². The zero-order valence-corrected chi connectivity index (χ0v) is 11.9. The van der Waals surface area contributed by atoms with Gasteiger partial charge >= 0.3 is 0 Å². The molecule has 2 aromatic heterocycles. The van der Waals surface area contributed by atoms with Gasteiger partial charge in [-0.15, -0.1) is 23.1 Å². The van der Waals surface area contributed by atoms with Crippen molar-refractivity contribution in [3.63, 3.8) is 0 Å². The highest BCUT2D eigenvalue weighted by molar-refractivity contribution is 8.00. The maximum Gasteiger partial charge on any atom is 0.294 e. The molecule has 9 heteroatoms. The van der Waals surface area contributed by atoms with E-state index in [1.807, 2.05) is 12.3 Å². The number of aromatic nitrogens is 2. The van der Waals surface area contributed by atoms with Crippen LogP contribution in [0.25, 0.3) is 0 Å². The fourth-order valence-corrected chi connectivity index (χ4v) is 3.96. The van der Waals surface area contributed by atoms with Crippen LogP contribution in [0, 0.1) is 6.92 Å². The molecule has 0 aromatic carbocycles. The van der Waals surface area contributed by atoms with Gasteiger partial charge in [-0.25, -0.2) is 15.8 Å². The van der Waals surface area contributed by atoms with Gasteiger partial charge in [0.15, 0.2) is 10.1 Å². The van der Waals surface area contributed by atoms with Gasteiger partial charge in [-0.1, -0.05) is 11.3 Å². The van der Waals surface area contributed by atoms with Crippen LogP contribution in [0.4, 0.5) is 5.13 Å². The number of rotatable bonds is 4. The topological polar surface area (TPSA) is 107 Å². The Morgan fingerprint density at radius 1 is 1.56 bits per heavy atom. The minimum atomic E-state index is -0.366. The molecule has 0 bridgehead atoms. The molecule has 5 N–H and O–H groups in total. The number of hydrogen-bond donors (Lipinski definition) is 3. The quantitative estimate of drug-likeness (QED) is 0.341. The summed E-state index contributed by atoms with van der Waals surface area (Å²) in [6, 6.07) is 0. The average molecular weight is 301 g/mol. The number of nitrogens with two attached hydrogens (primary N) is 2. The van der Waals surface area contributed by atoms with Crippen molar-refractivity contribution in [1.29, 1.82) is 0 Å². The second-order valence-corrected chi connectivity index (χ2v) is 6.46. The Hall–Kier alpha value is -1.16. The summed E-state index contributed by atoms with van der Waals surface area (Å²) in [4.78, 5) is 19.6. The number of carbonyl (C=O) groups excluding carboxylic acids is 1. The lowest BCUT2D eigenvalue weighted by atomic mass is 10.5. The molecule has 18 heavy (non-hydrogen) atoms. The van der Waals surface area contributed by atoms with E-state index in [0.29, 0.717) is 15.9 Å². The summed E-state index contributed by atoms with van der Waals surface area (Å²) in [5, 5.41) is 2.78. The second kappa shape index (κ2) is 5.65. The lowest BCUT2D eigenvalue weighted by Crippen LogP contribution is -2.29. The first-order valence-electron chi connectivity index (χ1n) is 4.91. The largest absolute Gasteiger partial charge is 0.375 e. The van der Waals surface area contributed by atoms with E-state index in [1.54, 1.807) is 11.8 Å². The Labute approximate surface area is 116 Å². The predicted octanol–water partition coefficient (Wildman–Crippen LogP) is 1.39. The van der Waals surface area contributed by atoms with Crippen molar-refractivity contribution in [1.82, 2.24) is 15.4 Å². The molecule has 0 unspecified atom stereocenters. The van der Waals surface area contributed by atoms with Gasteiger partial charge in [0.25, 0.3) is 5.91 Å². The van der Waals surface area contributed by atoms with Crippen LogP contribution in [0.2, 0.25) is 0 Å². The van der Waals surface area contributed by atoms with E-state index in [1.165, 1.54) is 22.7 Å². The molecule has 96 valence electrons. The van der Waals surface area contributed by atoms with Crippen molar-refractivity contribution in [2.75, 3.05) is 5.73 Å². The molecule has 2 heterocycles. The molecule has 0 spiro atoms. The number of nitrogen functional groups attached to an aromatic ring is 2. The minimum absolute atomic E-state index is 0.366. The highest BCUT2D eigenvalue weighted by atomic mass is 32.2. The van der Waals surface area contributed by atoms with Gasteiger partial charge in [0.1, 0.15) is 0 Å². The predicted molar refractivity (Wildman–Crippen MR) is 74.6 cm³/mol. The fraction of sp³-hybridized carbons (Fsp3) is 0.222. The smallest absolute Gasteiger partial charge is 0.294 e. The number of carbonyl (C=O) groups is 1. The van der Waals surface area contributed by atoms with E-state index >= 15 is 0 Å². The molecule has 0 aliphatic carbocycles. The van der Waals surface area contributed by atoms with Gasteiger partial charge < -0.3 is 5.73 Å². The fourth-order valence-electron chi connectivity index (χ4n) is 1.22. The molecular formula is C9H11N5OS3. The third-order valence-electron chi connectivity index (χ3n) is 2.00. The van der Waals surface area contributed by atoms with Crippen LogP contribution in [0.15, 0.2) is 9.59 Å². The highest BCUT2D eigenvalue weighted by Gasteiger charge is 2.11. The normalized spacial score (nSPS) is 10.6. The van der Waals surface area contributed by atoms with E-state index in [-0.39, 0.29) is 5.91 Å². The molecule has 0 saturated carbocycles. The molecule has 0 radical (unpaired) electrons. The van der Waals surface area contributed by atoms with Crippen molar-refractivity contribution in [2.24, 2.45) is 5.84 Å². The van der Waals surface area contributed by atoms with Crippen molar-refractivity contribution >= 4 is 45.5 Å². The van der Waals surface area contributed by atoms with E-state index in [2.05, 4.69) is 15.4 Å². The van der Waals surface area contributed by atoms with Gasteiger partial charge in [-0.05, 0) is 6.92 Å². The SMILES string of the molecule is Cc1nc(N)sc1SCc1csc(C(=O)NN)n1. The van der Waals surface area contributed by atoms with Gasteiger partial charge in [0.2, 0.25) is 0 Å². The van der Waals surface area contributed by atoms with Gasteiger partial charge in [0.05, 0.1) is 15.6 Å². The number of thiazole rings is 2. The second-order valence-electron chi connectivity index (χ2n) is 3.33. The number of hydrazine groups is 1. The molecule has 0 atom stereocenters. The molecule has 2 rings (SSSR count). The number of nitrogens with zero attached hydrogens (tertiary/aromatic N) is 2. The van der Waals surface area contributed by atoms with Crippen molar-refractivity contribution in [2.45, 2.75) is 16.9 Å². The zero-order valence-electron chi connectivity index (χ0n) is 9.47. The van der Waals surface area contributed by atoms with Crippen LogP contribution in [0.1, 0.15) is 21.2 Å². The van der Waals surface area contributed by atoms with E-state index in [0.717, 1.165) is 15.6 Å². The number of amides is 1. The van der Waals surface area contributed by atoms with E-state index < -0.39 is 0 Å². The van der Waals surface area contributed by atoms with Crippen LogP contribution in [-0.4, -0.2) is 15.9 Å². The summed E-state index contributed by atoms with van der Waals surface area (Å²) < 4.78 is 1.07. The first-order chi connectivity index (χ1) is 8.60. The monoisotopic (exact) mass is 301 g/mol. The Balaban J connectivity index is 2.00. The van der Waals surface area contributed by atoms with Crippen LogP contribution in [0.3, 0.4) is 0 Å². The van der Waals surface area contributed by atoms with Gasteiger partial charge in [0, 0.05) is 11.1 Å². The maximum atomic E-state index is 11.2. The summed E-state index contributed by atoms with van der Waals surface area (Å²) in [5.74, 6) is 5.35. The van der Waals surface area contributed by atoms with Crippen molar-refractivity contribution < 1.29 is 4.79 Å². The minimum Gasteiger partial charge on any atom is -0.375 e. The molecule has 0 saturated heterocycles. The molecule has 2 aromatic rings. The third kappa shape index (κ3) is 2.99. The molecule has 1 amide bonds. The van der Waals surface area contributed by atoms with E-state index in [9.17, 15) is 4.79 Å². The summed E-state index contributed by atoms with van der Waals surface area (Å²) in [5.41, 5.74) is 9.45. The summed E-state index contributed by atoms with van der Waals surface area (Å²) in [6.45, 7) is 1.92. The average Bonchev–Trinajstić information content (AvgIpc) is 2.92. The Morgan fingerprint density at radius 3 is 2.94 bits per heavy atom. The van der Waals surface area contributed by atoms with Crippen molar-refractivity contribution in [3.05, 3.63) is 21.8 Å². The third-order valence-corrected chi connectivity index (χ3v) is 5.27. The summed E-state index contributed by atoms with van der Waals surface area (Å²) in [6.07, 6.45) is 0. The first-order valence-corrected chi connectivity index (χ1v) is 7.59. The number of hydrogen-bond acceptors (Lipinski definition) is 8. The number of thioether (sulfide) groups is 1. The Morgan fingerprint density at radius 2 is 2.33 bits per heavy atom. The molecular weight excluding hydrogens is 290 g/mol. The molecule has 0 fully saturated rings. The maximum absolute atomic E-state index is 11.2. The number of aryl methyl sites for hydroxylation is 1. The molecule has 0 aliphatic rings. The van der Waals surface area contributed by atoms with E-state index in [4.69, 9.17) is 11.6 Å². The standard InChI is InChI=1S/C9H11N5OS3/c1-4-8(18-9(10)12-4)17-3-5-2-16-7(13-5)6(15)14-11/h2H,3,11H2,1H3,(H2,10,12)(H,14,15). The van der Waals surface area contributed by atoms with Gasteiger partial charge in [-0.2, -0.15) is 0 Å². The summed E-state index contributed by atoms with van der Waals surface area (Å²) in [7, 11) is 0. The Bertz CT molecular complexity index is 564. The van der Waals surface area contributed by atoms with Crippen molar-refractivity contribution in [3.8, 4) is 0 Å². The van der Waals surface area contributed by atoms with Crippen LogP contribution < -0.4 is 17.0 Å². The number of anilines is 1. The lowest BCUT2D eigenvalue weighted by molar-refractivity contribution is 0.0953. The number of nitrogens with one attached hydrogen (secondary N) is 1. The van der Waals surface area contributed by atoms with Crippen LogP contribution >= 0.6 is 34.4 Å². The Kier molecular flexibility index (Phi) is 4.17. The highest BCUT2D eigenvalue weighted by Crippen LogP contribution is 2.32. The first kappa shape index (κ1) is 13.3. The lowest BCUT2D eigenvalue weighted by Gasteiger charge is -1.96. The van der Waals surface area contributed by atoms with Gasteiger partial charge in [-0.3, -0.25) is 10.2 Å². The van der Waals surface area contributed by atoms with Crippen LogP contribution in [-0.2, 0) is 5.75 Å². The molecule has 0 aliphatic heterocycles. The molecule has 6 nitrogen and oxygen atoms in total. The zero-order chi connectivity index (χ0) is 13.1. The summed E-state index contributed by atoms with van der Waals surface area (Å²) >= 11 is 4.34.